The van der Waals surface area contributed by atoms with Crippen LogP contribution in [0.15, 0.2) is 48.5 Å². The lowest BCUT2D eigenvalue weighted by Gasteiger charge is -2.15. The monoisotopic (exact) mass is 256 g/mol. The molecule has 0 aliphatic rings. The van der Waals surface area contributed by atoms with Crippen molar-refractivity contribution in [2.24, 2.45) is 0 Å². The van der Waals surface area contributed by atoms with Gasteiger partial charge in [0.15, 0.2) is 0 Å². The van der Waals surface area contributed by atoms with E-state index in [9.17, 15) is 4.39 Å². The van der Waals surface area contributed by atoms with E-state index in [0.29, 0.717) is 5.92 Å². The number of hydrogen-bond acceptors (Lipinski definition) is 0. The van der Waals surface area contributed by atoms with E-state index in [1.165, 1.54) is 5.56 Å². The summed E-state index contributed by atoms with van der Waals surface area (Å²) in [5.41, 5.74) is 2.90. The Morgan fingerprint density at radius 1 is 0.895 bits per heavy atom. The van der Waals surface area contributed by atoms with Crippen molar-refractivity contribution in [1.82, 2.24) is 0 Å². The van der Waals surface area contributed by atoms with Gasteiger partial charge in [-0.25, -0.2) is 4.39 Å². The first-order valence-electron chi connectivity index (χ1n) is 6.91. The molecule has 0 aliphatic carbocycles. The Bertz CT molecular complexity index is 529. The summed E-state index contributed by atoms with van der Waals surface area (Å²) in [6.45, 7) is 6.21. The van der Waals surface area contributed by atoms with Crippen LogP contribution in [-0.4, -0.2) is 0 Å². The molecule has 1 heteroatoms. The summed E-state index contributed by atoms with van der Waals surface area (Å²) < 4.78 is 14.4. The molecule has 0 spiro atoms. The number of benzene rings is 2. The fourth-order valence-electron chi connectivity index (χ4n) is 2.43. The Morgan fingerprint density at radius 2 is 1.58 bits per heavy atom. The van der Waals surface area contributed by atoms with Crippen molar-refractivity contribution in [3.63, 3.8) is 0 Å². The highest BCUT2D eigenvalue weighted by Gasteiger charge is 2.14. The topological polar surface area (TPSA) is 0 Å². The second kappa shape index (κ2) is 6.01. The van der Waals surface area contributed by atoms with Gasteiger partial charge in [-0.05, 0) is 34.9 Å². The van der Waals surface area contributed by atoms with Crippen LogP contribution in [0.4, 0.5) is 4.39 Å². The smallest absolute Gasteiger partial charge is 0.129 e. The van der Waals surface area contributed by atoms with Crippen LogP contribution in [0.25, 0.3) is 0 Å². The third kappa shape index (κ3) is 3.23. The van der Waals surface area contributed by atoms with E-state index < -0.39 is 0 Å². The second-order valence-electron chi connectivity index (χ2n) is 5.49. The molecule has 1 unspecified atom stereocenters. The first-order chi connectivity index (χ1) is 9.09. The van der Waals surface area contributed by atoms with E-state index in [0.717, 1.165) is 17.5 Å². The molecular weight excluding hydrogens is 235 g/mol. The van der Waals surface area contributed by atoms with Gasteiger partial charge in [0.05, 0.1) is 0 Å². The van der Waals surface area contributed by atoms with Gasteiger partial charge in [0, 0.05) is 0 Å². The van der Waals surface area contributed by atoms with Gasteiger partial charge in [-0.15, -0.1) is 0 Å². The molecular formula is C18H21F. The Labute approximate surface area is 115 Å². The van der Waals surface area contributed by atoms with Crippen molar-refractivity contribution < 1.29 is 4.39 Å². The van der Waals surface area contributed by atoms with Crippen LogP contribution in [0.3, 0.4) is 0 Å². The normalized spacial score (nSPS) is 12.7. The van der Waals surface area contributed by atoms with Crippen LogP contribution >= 0.6 is 0 Å². The standard InChI is InChI=1S/C18H21F/c1-13(2)17-11-7-10-16(18(17)19)12-14(3)15-8-5-4-6-9-15/h4-11,13-14H,12H2,1-3H3. The fraction of sp³-hybridized carbons (Fsp3) is 0.333. The second-order valence-corrected chi connectivity index (χ2v) is 5.49. The molecule has 0 radical (unpaired) electrons. The van der Waals surface area contributed by atoms with Gasteiger partial charge in [-0.1, -0.05) is 69.3 Å². The van der Waals surface area contributed by atoms with Gasteiger partial charge < -0.3 is 0 Å². The van der Waals surface area contributed by atoms with Crippen LogP contribution < -0.4 is 0 Å². The first-order valence-corrected chi connectivity index (χ1v) is 6.91. The Morgan fingerprint density at radius 3 is 2.21 bits per heavy atom. The largest absolute Gasteiger partial charge is 0.206 e. The number of hydrogen-bond donors (Lipinski definition) is 0. The van der Waals surface area contributed by atoms with E-state index in [1.54, 1.807) is 0 Å². The minimum Gasteiger partial charge on any atom is -0.206 e. The highest BCUT2D eigenvalue weighted by atomic mass is 19.1. The maximum Gasteiger partial charge on any atom is 0.129 e. The van der Waals surface area contributed by atoms with Crippen LogP contribution in [-0.2, 0) is 6.42 Å². The molecule has 0 N–H and O–H groups in total. The lowest BCUT2D eigenvalue weighted by Crippen LogP contribution is -2.03. The minimum absolute atomic E-state index is 0.0275. The SMILES string of the molecule is CC(C)c1cccc(CC(C)c2ccccc2)c1F. The van der Waals surface area contributed by atoms with Gasteiger partial charge in [-0.2, -0.15) is 0 Å². The van der Waals surface area contributed by atoms with Crippen molar-refractivity contribution in [3.05, 3.63) is 71.0 Å². The van der Waals surface area contributed by atoms with Gasteiger partial charge >= 0.3 is 0 Å². The third-order valence-electron chi connectivity index (χ3n) is 3.63. The zero-order chi connectivity index (χ0) is 13.8. The lowest BCUT2D eigenvalue weighted by atomic mass is 9.91. The molecule has 0 nitrogen and oxygen atoms in total. The molecule has 19 heavy (non-hydrogen) atoms. The van der Waals surface area contributed by atoms with E-state index >= 15 is 0 Å². The molecule has 0 bridgehead atoms. The molecule has 2 rings (SSSR count). The summed E-state index contributed by atoms with van der Waals surface area (Å²) in [6, 6.07) is 16.0. The Kier molecular flexibility index (Phi) is 4.36. The van der Waals surface area contributed by atoms with E-state index in [1.807, 2.05) is 50.2 Å². The predicted octanol–water partition coefficient (Wildman–Crippen LogP) is 5.30. The maximum absolute atomic E-state index is 14.4. The van der Waals surface area contributed by atoms with E-state index in [4.69, 9.17) is 0 Å². The summed E-state index contributed by atoms with van der Waals surface area (Å²) in [6.07, 6.45) is 0.746. The quantitative estimate of drug-likeness (QED) is 0.696. The van der Waals surface area contributed by atoms with Crippen LogP contribution in [0, 0.1) is 5.82 Å². The summed E-state index contributed by atoms with van der Waals surface area (Å²) >= 11 is 0. The number of halogens is 1. The highest BCUT2D eigenvalue weighted by Crippen LogP contribution is 2.26. The van der Waals surface area contributed by atoms with E-state index in [2.05, 4.69) is 19.1 Å². The average molecular weight is 256 g/mol. The van der Waals surface area contributed by atoms with Crippen molar-refractivity contribution in [2.75, 3.05) is 0 Å². The third-order valence-corrected chi connectivity index (χ3v) is 3.63. The molecule has 2 aromatic carbocycles. The first kappa shape index (κ1) is 13.8. The average Bonchev–Trinajstić information content (AvgIpc) is 2.41. The molecule has 2 aromatic rings. The predicted molar refractivity (Wildman–Crippen MR) is 79.1 cm³/mol. The zero-order valence-corrected chi connectivity index (χ0v) is 11.9. The lowest BCUT2D eigenvalue weighted by molar-refractivity contribution is 0.573. The molecule has 0 amide bonds. The zero-order valence-electron chi connectivity index (χ0n) is 11.9. The molecule has 0 aliphatic heterocycles. The van der Waals surface area contributed by atoms with Gasteiger partial charge in [0.1, 0.15) is 5.82 Å². The molecule has 1 atom stereocenters. The molecule has 0 fully saturated rings. The van der Waals surface area contributed by atoms with Crippen molar-refractivity contribution >= 4 is 0 Å². The van der Waals surface area contributed by atoms with Crippen molar-refractivity contribution in [3.8, 4) is 0 Å². The van der Waals surface area contributed by atoms with Gasteiger partial charge in [0.25, 0.3) is 0 Å². The minimum atomic E-state index is -0.0275. The molecule has 0 saturated carbocycles. The van der Waals surface area contributed by atoms with Gasteiger partial charge in [0.2, 0.25) is 0 Å². The fourth-order valence-corrected chi connectivity index (χ4v) is 2.43. The van der Waals surface area contributed by atoms with Crippen LogP contribution in [0.1, 0.15) is 49.3 Å². The van der Waals surface area contributed by atoms with Crippen molar-refractivity contribution in [1.29, 1.82) is 0 Å². The van der Waals surface area contributed by atoms with Crippen LogP contribution in [0.2, 0.25) is 0 Å². The van der Waals surface area contributed by atoms with Crippen molar-refractivity contribution in [2.45, 2.75) is 39.0 Å². The molecule has 100 valence electrons. The molecule has 0 saturated heterocycles. The van der Waals surface area contributed by atoms with E-state index in [-0.39, 0.29) is 11.7 Å². The Hall–Kier alpha value is -1.63. The maximum atomic E-state index is 14.4. The van der Waals surface area contributed by atoms with Gasteiger partial charge in [-0.3, -0.25) is 0 Å². The Balaban J connectivity index is 2.22. The summed E-state index contributed by atoms with van der Waals surface area (Å²) in [7, 11) is 0. The summed E-state index contributed by atoms with van der Waals surface area (Å²) in [5.74, 6) is 0.533. The van der Waals surface area contributed by atoms with Crippen LogP contribution in [0.5, 0.6) is 0 Å². The molecule has 0 aromatic heterocycles. The molecule has 0 heterocycles. The summed E-state index contributed by atoms with van der Waals surface area (Å²) in [5, 5.41) is 0. The highest BCUT2D eigenvalue weighted by molar-refractivity contribution is 5.30. The summed E-state index contributed by atoms with van der Waals surface area (Å²) in [4.78, 5) is 0. The number of rotatable bonds is 4.